The summed E-state index contributed by atoms with van der Waals surface area (Å²) in [6, 6.07) is 15.4. The van der Waals surface area contributed by atoms with E-state index < -0.39 is 0 Å². The topological polar surface area (TPSA) is 72.2 Å². The number of nitrogens with zero attached hydrogens (tertiary/aromatic N) is 2. The van der Waals surface area contributed by atoms with E-state index in [9.17, 15) is 0 Å². The number of anilines is 1. The van der Waals surface area contributed by atoms with Crippen molar-refractivity contribution >= 4 is 23.0 Å². The number of ether oxygens (including phenoxy) is 1. The standard InChI is InChI=1S/C18H18N4O2S/c1-12-4-3-5-14(10-12)20-18(25)19-11-16-21-17(22-24-16)13-6-8-15(23-2)9-7-13/h3-10H,11H2,1-2H3,(H2,19,20,25). The molecule has 3 aromatic rings. The Balaban J connectivity index is 1.56. The maximum Gasteiger partial charge on any atom is 0.246 e. The van der Waals surface area contributed by atoms with Crippen LogP contribution in [0.3, 0.4) is 0 Å². The number of methoxy groups -OCH3 is 1. The van der Waals surface area contributed by atoms with Gasteiger partial charge >= 0.3 is 0 Å². The van der Waals surface area contributed by atoms with Gasteiger partial charge in [-0.15, -0.1) is 0 Å². The molecule has 1 heterocycles. The van der Waals surface area contributed by atoms with E-state index in [1.807, 2.05) is 55.5 Å². The molecule has 25 heavy (non-hydrogen) atoms. The Morgan fingerprint density at radius 1 is 1.20 bits per heavy atom. The maximum absolute atomic E-state index is 5.28. The molecule has 0 saturated carbocycles. The van der Waals surface area contributed by atoms with E-state index in [1.165, 1.54) is 0 Å². The maximum atomic E-state index is 5.28. The summed E-state index contributed by atoms with van der Waals surface area (Å²) in [7, 11) is 1.63. The lowest BCUT2D eigenvalue weighted by Crippen LogP contribution is -2.28. The Hall–Kier alpha value is -2.93. The molecule has 128 valence electrons. The Bertz CT molecular complexity index is 862. The Morgan fingerprint density at radius 3 is 2.72 bits per heavy atom. The Morgan fingerprint density at radius 2 is 2.00 bits per heavy atom. The number of hydrogen-bond acceptors (Lipinski definition) is 5. The van der Waals surface area contributed by atoms with Crippen molar-refractivity contribution in [3.63, 3.8) is 0 Å². The molecule has 2 N–H and O–H groups in total. The highest BCUT2D eigenvalue weighted by atomic mass is 32.1. The molecule has 0 bridgehead atoms. The molecule has 0 aliphatic carbocycles. The summed E-state index contributed by atoms with van der Waals surface area (Å²) in [4.78, 5) is 4.36. The van der Waals surface area contributed by atoms with Gasteiger partial charge in [-0.2, -0.15) is 4.98 Å². The molecule has 0 unspecified atom stereocenters. The second kappa shape index (κ2) is 7.76. The highest BCUT2D eigenvalue weighted by Gasteiger charge is 2.09. The van der Waals surface area contributed by atoms with Gasteiger partial charge in [-0.3, -0.25) is 0 Å². The van der Waals surface area contributed by atoms with Crippen LogP contribution in [0.25, 0.3) is 11.4 Å². The van der Waals surface area contributed by atoms with E-state index in [0.29, 0.717) is 23.4 Å². The molecule has 0 radical (unpaired) electrons. The zero-order chi connectivity index (χ0) is 17.6. The molecule has 3 rings (SSSR count). The van der Waals surface area contributed by atoms with Crippen molar-refractivity contribution in [2.24, 2.45) is 0 Å². The van der Waals surface area contributed by atoms with Crippen LogP contribution < -0.4 is 15.4 Å². The molecule has 0 fully saturated rings. The molecule has 2 aromatic carbocycles. The van der Waals surface area contributed by atoms with Crippen molar-refractivity contribution in [3.05, 3.63) is 60.0 Å². The third-order valence-corrected chi connectivity index (χ3v) is 3.74. The fraction of sp³-hybridized carbons (Fsp3) is 0.167. The van der Waals surface area contributed by atoms with E-state index in [2.05, 4.69) is 20.8 Å². The average Bonchev–Trinajstić information content (AvgIpc) is 3.09. The lowest BCUT2D eigenvalue weighted by atomic mass is 10.2. The summed E-state index contributed by atoms with van der Waals surface area (Å²) >= 11 is 5.28. The number of rotatable bonds is 5. The van der Waals surface area contributed by atoms with Crippen LogP contribution in [0.5, 0.6) is 5.75 Å². The zero-order valence-electron chi connectivity index (χ0n) is 13.9. The van der Waals surface area contributed by atoms with Gasteiger partial charge in [-0.1, -0.05) is 17.3 Å². The van der Waals surface area contributed by atoms with Gasteiger partial charge in [-0.05, 0) is 61.1 Å². The van der Waals surface area contributed by atoms with Gasteiger partial charge in [-0.25, -0.2) is 0 Å². The van der Waals surface area contributed by atoms with Crippen LogP contribution in [-0.2, 0) is 6.54 Å². The first-order valence-electron chi connectivity index (χ1n) is 7.72. The number of benzene rings is 2. The van der Waals surface area contributed by atoms with Gasteiger partial charge < -0.3 is 19.9 Å². The lowest BCUT2D eigenvalue weighted by molar-refractivity contribution is 0.376. The third-order valence-electron chi connectivity index (χ3n) is 3.49. The van der Waals surface area contributed by atoms with E-state index in [0.717, 1.165) is 22.6 Å². The number of nitrogens with one attached hydrogen (secondary N) is 2. The first-order valence-corrected chi connectivity index (χ1v) is 8.13. The van der Waals surface area contributed by atoms with Crippen molar-refractivity contribution in [2.45, 2.75) is 13.5 Å². The summed E-state index contributed by atoms with van der Waals surface area (Å²) in [5.74, 6) is 1.76. The smallest absolute Gasteiger partial charge is 0.246 e. The summed E-state index contributed by atoms with van der Waals surface area (Å²) < 4.78 is 10.4. The van der Waals surface area contributed by atoms with Gasteiger partial charge in [0.2, 0.25) is 11.7 Å². The fourth-order valence-corrected chi connectivity index (χ4v) is 2.43. The molecule has 6 nitrogen and oxygen atoms in total. The van der Waals surface area contributed by atoms with Crippen LogP contribution in [0.15, 0.2) is 53.1 Å². The molecule has 0 spiro atoms. The molecule has 0 aliphatic heterocycles. The summed E-state index contributed by atoms with van der Waals surface area (Å²) in [5, 5.41) is 10.7. The van der Waals surface area contributed by atoms with Crippen molar-refractivity contribution in [1.29, 1.82) is 0 Å². The molecule has 1 aromatic heterocycles. The molecular weight excluding hydrogens is 336 g/mol. The highest BCUT2D eigenvalue weighted by molar-refractivity contribution is 7.80. The van der Waals surface area contributed by atoms with Gasteiger partial charge in [0, 0.05) is 11.3 Å². The van der Waals surface area contributed by atoms with Crippen LogP contribution >= 0.6 is 12.2 Å². The molecule has 0 saturated heterocycles. The monoisotopic (exact) mass is 354 g/mol. The van der Waals surface area contributed by atoms with Crippen molar-refractivity contribution in [1.82, 2.24) is 15.5 Å². The number of thiocarbonyl (C=S) groups is 1. The largest absolute Gasteiger partial charge is 0.497 e. The van der Waals surface area contributed by atoms with E-state index in [-0.39, 0.29) is 0 Å². The van der Waals surface area contributed by atoms with Crippen LogP contribution in [-0.4, -0.2) is 22.4 Å². The summed E-state index contributed by atoms with van der Waals surface area (Å²) in [6.07, 6.45) is 0. The number of aryl methyl sites for hydroxylation is 1. The van der Waals surface area contributed by atoms with Crippen LogP contribution in [0.1, 0.15) is 11.5 Å². The molecule has 0 aliphatic rings. The SMILES string of the molecule is COc1ccc(-c2noc(CNC(=S)Nc3cccc(C)c3)n2)cc1. The first kappa shape index (κ1) is 16.9. The first-order chi connectivity index (χ1) is 12.1. The Labute approximate surface area is 151 Å². The third kappa shape index (κ3) is 4.54. The van der Waals surface area contributed by atoms with Crippen LogP contribution in [0.4, 0.5) is 5.69 Å². The number of aromatic nitrogens is 2. The molecule has 0 atom stereocenters. The second-order valence-corrected chi connectivity index (χ2v) is 5.83. The second-order valence-electron chi connectivity index (χ2n) is 5.42. The summed E-state index contributed by atoms with van der Waals surface area (Å²) in [6.45, 7) is 2.38. The minimum absolute atomic E-state index is 0.348. The number of hydrogen-bond donors (Lipinski definition) is 2. The van der Waals surface area contributed by atoms with Gasteiger partial charge in [0.15, 0.2) is 5.11 Å². The van der Waals surface area contributed by atoms with Crippen LogP contribution in [0.2, 0.25) is 0 Å². The minimum Gasteiger partial charge on any atom is -0.497 e. The summed E-state index contributed by atoms with van der Waals surface area (Å²) in [5.41, 5.74) is 2.95. The van der Waals surface area contributed by atoms with Crippen molar-refractivity contribution < 1.29 is 9.26 Å². The van der Waals surface area contributed by atoms with Gasteiger partial charge in [0.05, 0.1) is 13.7 Å². The fourth-order valence-electron chi connectivity index (χ4n) is 2.24. The highest BCUT2D eigenvalue weighted by Crippen LogP contribution is 2.19. The van der Waals surface area contributed by atoms with Crippen LogP contribution in [0, 0.1) is 6.92 Å². The van der Waals surface area contributed by atoms with E-state index >= 15 is 0 Å². The predicted molar refractivity (Wildman–Crippen MR) is 101 cm³/mol. The Kier molecular flexibility index (Phi) is 5.25. The van der Waals surface area contributed by atoms with E-state index in [4.69, 9.17) is 21.5 Å². The van der Waals surface area contributed by atoms with Gasteiger partial charge in [0.25, 0.3) is 0 Å². The van der Waals surface area contributed by atoms with E-state index in [1.54, 1.807) is 7.11 Å². The lowest BCUT2D eigenvalue weighted by Gasteiger charge is -2.09. The minimum atomic E-state index is 0.348. The van der Waals surface area contributed by atoms with Crippen molar-refractivity contribution in [3.8, 4) is 17.1 Å². The zero-order valence-corrected chi connectivity index (χ0v) is 14.8. The average molecular weight is 354 g/mol. The predicted octanol–water partition coefficient (Wildman–Crippen LogP) is 3.54. The molecule has 7 heteroatoms. The molecular formula is C18H18N4O2S. The van der Waals surface area contributed by atoms with Gasteiger partial charge in [0.1, 0.15) is 5.75 Å². The quantitative estimate of drug-likeness (QED) is 0.679. The normalized spacial score (nSPS) is 10.3. The van der Waals surface area contributed by atoms with Crippen molar-refractivity contribution in [2.75, 3.05) is 12.4 Å². The molecule has 0 amide bonds.